The summed E-state index contributed by atoms with van der Waals surface area (Å²) in [6, 6.07) is 20.4. The van der Waals surface area contributed by atoms with E-state index in [2.05, 4.69) is 34.7 Å². The first kappa shape index (κ1) is 14.8. The van der Waals surface area contributed by atoms with Crippen LogP contribution < -0.4 is 5.32 Å². The van der Waals surface area contributed by atoms with Crippen LogP contribution in [0, 0.1) is 5.92 Å². The van der Waals surface area contributed by atoms with Gasteiger partial charge < -0.3 is 10.2 Å². The Kier molecular flexibility index (Phi) is 5.22. The monoisotopic (exact) mass is 294 g/mol. The molecule has 22 heavy (non-hydrogen) atoms. The Labute approximate surface area is 132 Å². The fourth-order valence-corrected chi connectivity index (χ4v) is 2.74. The van der Waals surface area contributed by atoms with Gasteiger partial charge in [-0.2, -0.15) is 0 Å². The van der Waals surface area contributed by atoms with Crippen LogP contribution in [0.1, 0.15) is 24.0 Å². The van der Waals surface area contributed by atoms with Gasteiger partial charge in [-0.25, -0.2) is 0 Å². The van der Waals surface area contributed by atoms with E-state index in [1.165, 1.54) is 12.8 Å². The van der Waals surface area contributed by atoms with E-state index in [-0.39, 0.29) is 0 Å². The van der Waals surface area contributed by atoms with Crippen LogP contribution in [0.5, 0.6) is 0 Å². The Hall–Kier alpha value is -2.13. The van der Waals surface area contributed by atoms with Gasteiger partial charge in [0.2, 0.25) is 0 Å². The highest BCUT2D eigenvalue weighted by Gasteiger charge is 2.14. The standard InChI is InChI=1S/C19H22N2O/c1-3-9-17(10-4-1)19(18-11-5-2-6-12-18)21-22-15-16-8-7-13-20-14-16/h1-6,9-12,16,20H,7-8,13-15H2. The van der Waals surface area contributed by atoms with Gasteiger partial charge in [0, 0.05) is 23.6 Å². The molecule has 1 saturated heterocycles. The smallest absolute Gasteiger partial charge is 0.121 e. The van der Waals surface area contributed by atoms with E-state index in [0.29, 0.717) is 12.5 Å². The number of piperidine rings is 1. The van der Waals surface area contributed by atoms with Crippen molar-refractivity contribution in [3.8, 4) is 0 Å². The zero-order chi connectivity index (χ0) is 15.0. The Morgan fingerprint density at radius 1 is 1.00 bits per heavy atom. The van der Waals surface area contributed by atoms with Crippen molar-refractivity contribution in [3.63, 3.8) is 0 Å². The van der Waals surface area contributed by atoms with Crippen LogP contribution in [-0.4, -0.2) is 25.4 Å². The second-order valence-electron chi connectivity index (χ2n) is 5.68. The van der Waals surface area contributed by atoms with E-state index < -0.39 is 0 Å². The van der Waals surface area contributed by atoms with Crippen LogP contribution in [0.4, 0.5) is 0 Å². The maximum atomic E-state index is 5.69. The first-order valence-corrected chi connectivity index (χ1v) is 7.95. The van der Waals surface area contributed by atoms with Gasteiger partial charge in [-0.1, -0.05) is 65.8 Å². The summed E-state index contributed by atoms with van der Waals surface area (Å²) in [5.41, 5.74) is 3.05. The van der Waals surface area contributed by atoms with E-state index in [0.717, 1.165) is 29.9 Å². The molecule has 1 heterocycles. The highest BCUT2D eigenvalue weighted by atomic mass is 16.6. The molecule has 0 aliphatic carbocycles. The summed E-state index contributed by atoms with van der Waals surface area (Å²) in [5.74, 6) is 0.560. The Bertz CT molecular complexity index is 548. The Morgan fingerprint density at radius 3 is 2.18 bits per heavy atom. The summed E-state index contributed by atoms with van der Waals surface area (Å²) in [5, 5.41) is 7.86. The molecule has 3 rings (SSSR count). The van der Waals surface area contributed by atoms with Crippen LogP contribution in [0.3, 0.4) is 0 Å². The molecule has 1 atom stereocenters. The van der Waals surface area contributed by atoms with Gasteiger partial charge >= 0.3 is 0 Å². The van der Waals surface area contributed by atoms with E-state index in [1.54, 1.807) is 0 Å². The van der Waals surface area contributed by atoms with Crippen LogP contribution in [0.15, 0.2) is 65.8 Å². The molecule has 1 fully saturated rings. The molecule has 1 unspecified atom stereocenters. The van der Waals surface area contributed by atoms with Crippen molar-refractivity contribution in [2.45, 2.75) is 12.8 Å². The van der Waals surface area contributed by atoms with Gasteiger partial charge in [0.15, 0.2) is 0 Å². The Morgan fingerprint density at radius 2 is 1.64 bits per heavy atom. The van der Waals surface area contributed by atoms with Crippen molar-refractivity contribution in [1.82, 2.24) is 5.32 Å². The highest BCUT2D eigenvalue weighted by Crippen LogP contribution is 2.13. The van der Waals surface area contributed by atoms with Crippen molar-refractivity contribution in [1.29, 1.82) is 0 Å². The van der Waals surface area contributed by atoms with Crippen LogP contribution in [-0.2, 0) is 4.84 Å². The molecule has 1 N–H and O–H groups in total. The van der Waals surface area contributed by atoms with E-state index in [9.17, 15) is 0 Å². The maximum absolute atomic E-state index is 5.69. The number of hydrogen-bond donors (Lipinski definition) is 1. The molecule has 0 bridgehead atoms. The van der Waals surface area contributed by atoms with Crippen molar-refractivity contribution in [3.05, 3.63) is 71.8 Å². The van der Waals surface area contributed by atoms with E-state index in [4.69, 9.17) is 4.84 Å². The maximum Gasteiger partial charge on any atom is 0.121 e. The van der Waals surface area contributed by atoms with Crippen LogP contribution >= 0.6 is 0 Å². The van der Waals surface area contributed by atoms with E-state index in [1.807, 2.05) is 36.4 Å². The van der Waals surface area contributed by atoms with Crippen molar-refractivity contribution in [2.24, 2.45) is 11.1 Å². The summed E-state index contributed by atoms with van der Waals surface area (Å²) >= 11 is 0. The highest BCUT2D eigenvalue weighted by molar-refractivity contribution is 6.12. The minimum absolute atomic E-state index is 0.560. The number of hydrogen-bond acceptors (Lipinski definition) is 3. The predicted molar refractivity (Wildman–Crippen MR) is 90.1 cm³/mol. The summed E-state index contributed by atoms with van der Waals surface area (Å²) in [7, 11) is 0. The molecule has 0 aromatic heterocycles. The lowest BCUT2D eigenvalue weighted by Gasteiger charge is -2.21. The first-order chi connectivity index (χ1) is 10.9. The topological polar surface area (TPSA) is 33.6 Å². The van der Waals surface area contributed by atoms with Crippen molar-refractivity contribution in [2.75, 3.05) is 19.7 Å². The normalized spacial score (nSPS) is 17.7. The summed E-state index contributed by atoms with van der Waals surface area (Å²) in [6.45, 7) is 2.83. The Balaban J connectivity index is 1.75. The molecular formula is C19H22N2O. The average molecular weight is 294 g/mol. The van der Waals surface area contributed by atoms with Crippen LogP contribution in [0.25, 0.3) is 0 Å². The zero-order valence-corrected chi connectivity index (χ0v) is 12.7. The number of oxime groups is 1. The molecule has 1 aliphatic heterocycles. The largest absolute Gasteiger partial charge is 0.395 e. The molecule has 0 spiro atoms. The molecule has 1 aliphatic rings. The fourth-order valence-electron chi connectivity index (χ4n) is 2.74. The number of nitrogens with one attached hydrogen (secondary N) is 1. The third-order valence-corrected chi connectivity index (χ3v) is 3.96. The van der Waals surface area contributed by atoms with Gasteiger partial charge in [-0.15, -0.1) is 0 Å². The van der Waals surface area contributed by atoms with Gasteiger partial charge in [0.25, 0.3) is 0 Å². The van der Waals surface area contributed by atoms with Gasteiger partial charge in [0.05, 0.1) is 0 Å². The molecule has 0 amide bonds. The number of benzene rings is 2. The third kappa shape index (κ3) is 3.95. The molecule has 0 saturated carbocycles. The minimum Gasteiger partial charge on any atom is -0.395 e. The SMILES string of the molecule is c1ccc(C(=NOCC2CCCNC2)c2ccccc2)cc1. The predicted octanol–water partition coefficient (Wildman–Crippen LogP) is 3.46. The molecule has 0 radical (unpaired) electrons. The summed E-state index contributed by atoms with van der Waals surface area (Å²) in [4.78, 5) is 5.69. The minimum atomic E-state index is 0.560. The first-order valence-electron chi connectivity index (χ1n) is 7.95. The van der Waals surface area contributed by atoms with E-state index >= 15 is 0 Å². The number of nitrogens with zero attached hydrogens (tertiary/aromatic N) is 1. The molecule has 3 nitrogen and oxygen atoms in total. The lowest BCUT2D eigenvalue weighted by molar-refractivity contribution is 0.0968. The molecule has 2 aromatic carbocycles. The van der Waals surface area contributed by atoms with Gasteiger partial charge in [-0.05, 0) is 19.4 Å². The van der Waals surface area contributed by atoms with Gasteiger partial charge in [-0.3, -0.25) is 0 Å². The molecule has 2 aromatic rings. The van der Waals surface area contributed by atoms with Gasteiger partial charge in [0.1, 0.15) is 12.3 Å². The van der Waals surface area contributed by atoms with Crippen molar-refractivity contribution < 1.29 is 4.84 Å². The zero-order valence-electron chi connectivity index (χ0n) is 12.7. The van der Waals surface area contributed by atoms with Crippen molar-refractivity contribution >= 4 is 5.71 Å². The molecular weight excluding hydrogens is 272 g/mol. The second-order valence-corrected chi connectivity index (χ2v) is 5.68. The average Bonchev–Trinajstić information content (AvgIpc) is 2.61. The molecule has 3 heteroatoms. The third-order valence-electron chi connectivity index (χ3n) is 3.96. The summed E-state index contributed by atoms with van der Waals surface area (Å²) in [6.07, 6.45) is 2.44. The lowest BCUT2D eigenvalue weighted by atomic mass is 10.0. The second kappa shape index (κ2) is 7.76. The lowest BCUT2D eigenvalue weighted by Crippen LogP contribution is -2.32. The fraction of sp³-hybridized carbons (Fsp3) is 0.316. The quantitative estimate of drug-likeness (QED) is 0.677. The van der Waals surface area contributed by atoms with Crippen LogP contribution in [0.2, 0.25) is 0 Å². The number of rotatable bonds is 5. The molecule has 114 valence electrons. The summed E-state index contributed by atoms with van der Waals surface area (Å²) < 4.78 is 0.